The van der Waals surface area contributed by atoms with Gasteiger partial charge in [-0.1, -0.05) is 6.58 Å². The van der Waals surface area contributed by atoms with Crippen LogP contribution in [0.2, 0.25) is 0 Å². The highest BCUT2D eigenvalue weighted by Crippen LogP contribution is 2.04. The van der Waals surface area contributed by atoms with Crippen LogP contribution in [0.1, 0.15) is 0 Å². The summed E-state index contributed by atoms with van der Waals surface area (Å²) in [5, 5.41) is 2.66. The molecule has 0 spiro atoms. The highest BCUT2D eigenvalue weighted by atomic mass is 16.2. The van der Waals surface area contributed by atoms with Gasteiger partial charge in [0.15, 0.2) is 0 Å². The third-order valence-corrected chi connectivity index (χ3v) is 1.68. The fourth-order valence-electron chi connectivity index (χ4n) is 1.02. The van der Waals surface area contributed by atoms with Gasteiger partial charge < -0.3 is 10.1 Å². The van der Waals surface area contributed by atoms with Crippen molar-refractivity contribution in [1.29, 1.82) is 0 Å². The normalized spacial score (nSPS) is 14.7. The Morgan fingerprint density at radius 2 is 2.00 bits per heavy atom. The van der Waals surface area contributed by atoms with Crippen molar-refractivity contribution in [3.8, 4) is 0 Å². The zero-order valence-electron chi connectivity index (χ0n) is 7.53. The second kappa shape index (κ2) is 4.36. The van der Waals surface area contributed by atoms with E-state index in [-0.39, 0.29) is 24.9 Å². The van der Waals surface area contributed by atoms with Gasteiger partial charge in [-0.05, 0) is 0 Å². The molecule has 1 rings (SSSR count). The van der Waals surface area contributed by atoms with E-state index in [1.54, 1.807) is 0 Å². The van der Waals surface area contributed by atoms with E-state index in [0.29, 0.717) is 12.0 Å². The van der Waals surface area contributed by atoms with E-state index in [2.05, 4.69) is 11.9 Å². The molecule has 0 aromatic carbocycles. The Labute approximate surface area is 81.1 Å². The van der Waals surface area contributed by atoms with Gasteiger partial charge in [0.1, 0.15) is 6.29 Å². The lowest BCUT2D eigenvalue weighted by Gasteiger charge is -2.15. The molecule has 1 aliphatic rings. The van der Waals surface area contributed by atoms with Gasteiger partial charge in [-0.25, -0.2) is 0 Å². The summed E-state index contributed by atoms with van der Waals surface area (Å²) in [4.78, 5) is 33.2. The van der Waals surface area contributed by atoms with Crippen LogP contribution < -0.4 is 5.32 Å². The molecule has 1 aliphatic heterocycles. The molecule has 0 aromatic rings. The summed E-state index contributed by atoms with van der Waals surface area (Å²) in [6, 6.07) is 0. The number of amides is 2. The van der Waals surface area contributed by atoms with E-state index in [4.69, 9.17) is 0 Å². The summed E-state index contributed by atoms with van der Waals surface area (Å²) < 4.78 is 0. The topological polar surface area (TPSA) is 66.5 Å². The van der Waals surface area contributed by atoms with Crippen molar-refractivity contribution < 1.29 is 14.4 Å². The average Bonchev–Trinajstić information content (AvgIpc) is 2.46. The maximum Gasteiger partial charge on any atom is 0.253 e. The maximum atomic E-state index is 11.1. The molecule has 5 nitrogen and oxygen atoms in total. The summed E-state index contributed by atoms with van der Waals surface area (Å²) >= 11 is 0. The van der Waals surface area contributed by atoms with Gasteiger partial charge in [-0.3, -0.25) is 14.5 Å². The monoisotopic (exact) mass is 194 g/mol. The molecule has 5 heteroatoms. The van der Waals surface area contributed by atoms with E-state index >= 15 is 0 Å². The Hall–Kier alpha value is -1.91. The van der Waals surface area contributed by atoms with Crippen LogP contribution in [0.5, 0.6) is 0 Å². The van der Waals surface area contributed by atoms with E-state index in [1.165, 1.54) is 12.2 Å². The predicted octanol–water partition coefficient (Wildman–Crippen LogP) is -0.786. The average molecular weight is 194 g/mol. The van der Waals surface area contributed by atoms with Crippen molar-refractivity contribution in [2.75, 3.05) is 13.1 Å². The van der Waals surface area contributed by atoms with Gasteiger partial charge in [0.25, 0.3) is 11.8 Å². The van der Waals surface area contributed by atoms with E-state index in [0.717, 1.165) is 4.90 Å². The molecule has 0 aliphatic carbocycles. The number of nitrogens with one attached hydrogen (secondary N) is 1. The molecule has 0 atom stereocenters. The number of aldehydes is 1. The summed E-state index contributed by atoms with van der Waals surface area (Å²) in [5.74, 6) is -0.715. The molecule has 0 saturated carbocycles. The van der Waals surface area contributed by atoms with Crippen LogP contribution in [-0.4, -0.2) is 36.1 Å². The van der Waals surface area contributed by atoms with Crippen molar-refractivity contribution in [3.05, 3.63) is 24.4 Å². The summed E-state index contributed by atoms with van der Waals surface area (Å²) in [6.07, 6.45) is 3.09. The molecule has 0 radical (unpaired) electrons. The van der Waals surface area contributed by atoms with Crippen LogP contribution in [0.4, 0.5) is 0 Å². The van der Waals surface area contributed by atoms with Crippen LogP contribution in [0.25, 0.3) is 0 Å². The van der Waals surface area contributed by atoms with E-state index < -0.39 is 0 Å². The van der Waals surface area contributed by atoms with Gasteiger partial charge >= 0.3 is 0 Å². The van der Waals surface area contributed by atoms with Gasteiger partial charge in [0.05, 0.1) is 13.1 Å². The quantitative estimate of drug-likeness (QED) is 0.460. The Morgan fingerprint density at radius 3 is 2.50 bits per heavy atom. The standard InChI is InChI=1S/C9H10N2O3/c1-7(10-4-5-12)6-11-8(13)2-3-9(11)14/h2-3,5,10H,1,4,6H2. The molecule has 14 heavy (non-hydrogen) atoms. The van der Waals surface area contributed by atoms with Crippen molar-refractivity contribution in [2.24, 2.45) is 0 Å². The lowest BCUT2D eigenvalue weighted by atomic mass is 10.4. The third kappa shape index (κ3) is 2.29. The number of imide groups is 1. The third-order valence-electron chi connectivity index (χ3n) is 1.68. The minimum absolute atomic E-state index is 0.0957. The van der Waals surface area contributed by atoms with Gasteiger partial charge in [0.2, 0.25) is 0 Å². The van der Waals surface area contributed by atoms with E-state index in [1.807, 2.05) is 0 Å². The van der Waals surface area contributed by atoms with Crippen LogP contribution in [0.15, 0.2) is 24.4 Å². The van der Waals surface area contributed by atoms with Gasteiger partial charge in [-0.2, -0.15) is 0 Å². The fraction of sp³-hybridized carbons (Fsp3) is 0.222. The molecule has 1 N–H and O–H groups in total. The molecule has 74 valence electrons. The van der Waals surface area contributed by atoms with Crippen molar-refractivity contribution in [2.45, 2.75) is 0 Å². The van der Waals surface area contributed by atoms with Crippen molar-refractivity contribution in [1.82, 2.24) is 10.2 Å². The number of carbonyl (C=O) groups excluding carboxylic acids is 3. The molecule has 1 heterocycles. The second-order valence-electron chi connectivity index (χ2n) is 2.75. The lowest BCUT2D eigenvalue weighted by Crippen LogP contribution is -2.35. The summed E-state index contributed by atoms with van der Waals surface area (Å²) in [5.41, 5.74) is 0.461. The highest BCUT2D eigenvalue weighted by Gasteiger charge is 2.23. The molecule has 0 saturated heterocycles. The number of rotatable bonds is 5. The summed E-state index contributed by atoms with van der Waals surface area (Å²) in [7, 11) is 0. The van der Waals surface area contributed by atoms with Gasteiger partial charge in [0, 0.05) is 17.8 Å². The van der Waals surface area contributed by atoms with Crippen LogP contribution >= 0.6 is 0 Å². The Morgan fingerprint density at radius 1 is 1.43 bits per heavy atom. The highest BCUT2D eigenvalue weighted by molar-refractivity contribution is 6.13. The van der Waals surface area contributed by atoms with E-state index in [9.17, 15) is 14.4 Å². The zero-order chi connectivity index (χ0) is 10.6. The molecular weight excluding hydrogens is 184 g/mol. The Kier molecular flexibility index (Phi) is 3.17. The second-order valence-corrected chi connectivity index (χ2v) is 2.75. The summed E-state index contributed by atoms with van der Waals surface area (Å²) in [6.45, 7) is 3.80. The Bertz CT molecular complexity index is 302. The van der Waals surface area contributed by atoms with Crippen LogP contribution in [-0.2, 0) is 14.4 Å². The van der Waals surface area contributed by atoms with Gasteiger partial charge in [-0.15, -0.1) is 0 Å². The first-order chi connectivity index (χ1) is 6.65. The molecule has 0 unspecified atom stereocenters. The minimum Gasteiger partial charge on any atom is -0.381 e. The van der Waals surface area contributed by atoms with Crippen molar-refractivity contribution >= 4 is 18.1 Å². The smallest absolute Gasteiger partial charge is 0.253 e. The first kappa shape index (κ1) is 10.2. The molecule has 0 fully saturated rings. The largest absolute Gasteiger partial charge is 0.381 e. The zero-order valence-corrected chi connectivity index (χ0v) is 7.53. The molecular formula is C9H10N2O3. The van der Waals surface area contributed by atoms with Crippen LogP contribution in [0.3, 0.4) is 0 Å². The number of carbonyl (C=O) groups is 3. The molecule has 0 bridgehead atoms. The molecule has 0 aromatic heterocycles. The predicted molar refractivity (Wildman–Crippen MR) is 49.1 cm³/mol. The number of hydrogen-bond donors (Lipinski definition) is 1. The molecule has 2 amide bonds. The first-order valence-corrected chi connectivity index (χ1v) is 4.04. The first-order valence-electron chi connectivity index (χ1n) is 4.04. The minimum atomic E-state index is -0.357. The maximum absolute atomic E-state index is 11.1. The van der Waals surface area contributed by atoms with Crippen molar-refractivity contribution in [3.63, 3.8) is 0 Å². The van der Waals surface area contributed by atoms with Crippen LogP contribution in [0, 0.1) is 0 Å². The number of nitrogens with zero attached hydrogens (tertiary/aromatic N) is 1. The fourth-order valence-corrected chi connectivity index (χ4v) is 1.02. The number of hydrogen-bond acceptors (Lipinski definition) is 4. The lowest BCUT2D eigenvalue weighted by molar-refractivity contribution is -0.136. The SMILES string of the molecule is C=C(CN1C(=O)C=CC1=O)NCC=O. The Balaban J connectivity index is 2.44.